The molecule has 0 atom stereocenters. The average molecular weight is 751 g/mol. The lowest BCUT2D eigenvalue weighted by atomic mass is 9.57. The van der Waals surface area contributed by atoms with Gasteiger partial charge in [0.1, 0.15) is 23.0 Å². The van der Waals surface area contributed by atoms with E-state index >= 15 is 0 Å². The van der Waals surface area contributed by atoms with E-state index in [1.807, 2.05) is 52.0 Å². The van der Waals surface area contributed by atoms with Crippen molar-refractivity contribution in [3.8, 4) is 23.0 Å². The van der Waals surface area contributed by atoms with Crippen LogP contribution in [0.3, 0.4) is 0 Å². The number of phenolic OH excluding ortho intramolecular Hbond substituents is 4. The number of benzene rings is 5. The van der Waals surface area contributed by atoms with Gasteiger partial charge in [0.15, 0.2) is 0 Å². The fourth-order valence-corrected chi connectivity index (χ4v) is 10.8. The van der Waals surface area contributed by atoms with Crippen molar-refractivity contribution < 1.29 is 20.4 Å². The number of hydrogen-bond donors (Lipinski definition) is 4. The van der Waals surface area contributed by atoms with E-state index in [9.17, 15) is 20.4 Å². The Labute approximate surface area is 335 Å². The molecule has 4 heteroatoms. The first kappa shape index (κ1) is 39.5. The van der Waals surface area contributed by atoms with Gasteiger partial charge in [-0.05, 0) is 182 Å². The number of aryl methyl sites for hydroxylation is 4. The molecule has 7 rings (SSSR count). The molecule has 0 aromatic heterocycles. The molecule has 4 N–H and O–H groups in total. The Morgan fingerprint density at radius 2 is 0.625 bits per heavy atom. The monoisotopic (exact) mass is 750 g/mol. The molecular formula is C52H62O4. The molecule has 0 heterocycles. The molecule has 0 saturated heterocycles. The molecule has 4 nitrogen and oxygen atoms in total. The average Bonchev–Trinajstić information content (AvgIpc) is 3.19. The van der Waals surface area contributed by atoms with Gasteiger partial charge in [-0.3, -0.25) is 0 Å². The third-order valence-electron chi connectivity index (χ3n) is 15.1. The normalized spacial score (nSPS) is 17.9. The van der Waals surface area contributed by atoms with Gasteiger partial charge in [0.25, 0.3) is 0 Å². The predicted molar refractivity (Wildman–Crippen MR) is 229 cm³/mol. The number of aromatic hydroxyl groups is 4. The van der Waals surface area contributed by atoms with Gasteiger partial charge in [-0.2, -0.15) is 0 Å². The summed E-state index contributed by atoms with van der Waals surface area (Å²) in [7, 11) is 0. The SMILES string of the molecule is Cc1cc(C2(c3ccc(O)c(C)c3)CCC(C(C)(C)c3ccc(C(C)(C)C4CCC(c5ccc(O)c(C)c5)(c5ccc(O)c(C)c5)CC4)cc3)CC2)ccc1O. The van der Waals surface area contributed by atoms with Crippen LogP contribution in [0.5, 0.6) is 23.0 Å². The highest BCUT2D eigenvalue weighted by Gasteiger charge is 2.45. The topological polar surface area (TPSA) is 80.9 Å². The summed E-state index contributed by atoms with van der Waals surface area (Å²) >= 11 is 0. The van der Waals surface area contributed by atoms with Crippen LogP contribution in [-0.4, -0.2) is 20.4 Å². The fourth-order valence-electron chi connectivity index (χ4n) is 10.8. The van der Waals surface area contributed by atoms with Gasteiger partial charge < -0.3 is 20.4 Å². The molecule has 0 spiro atoms. The van der Waals surface area contributed by atoms with Crippen molar-refractivity contribution in [2.75, 3.05) is 0 Å². The van der Waals surface area contributed by atoms with E-state index in [1.165, 1.54) is 33.4 Å². The highest BCUT2D eigenvalue weighted by Crippen LogP contribution is 2.54. The molecule has 2 aliphatic rings. The zero-order valence-electron chi connectivity index (χ0n) is 34.8. The van der Waals surface area contributed by atoms with Gasteiger partial charge in [-0.15, -0.1) is 0 Å². The van der Waals surface area contributed by atoms with Gasteiger partial charge in [-0.1, -0.05) is 100 Å². The first-order valence-corrected chi connectivity index (χ1v) is 20.8. The second-order valence-electron chi connectivity index (χ2n) is 18.7. The van der Waals surface area contributed by atoms with Crippen molar-refractivity contribution in [1.29, 1.82) is 0 Å². The smallest absolute Gasteiger partial charge is 0.118 e. The zero-order valence-corrected chi connectivity index (χ0v) is 34.8. The number of phenols is 4. The summed E-state index contributed by atoms with van der Waals surface area (Å²) < 4.78 is 0. The van der Waals surface area contributed by atoms with E-state index in [0.717, 1.165) is 73.6 Å². The molecule has 5 aromatic rings. The van der Waals surface area contributed by atoms with Crippen molar-refractivity contribution in [2.24, 2.45) is 11.8 Å². The van der Waals surface area contributed by atoms with E-state index in [4.69, 9.17) is 0 Å². The number of hydrogen-bond acceptors (Lipinski definition) is 4. The Morgan fingerprint density at radius 1 is 0.393 bits per heavy atom. The molecule has 294 valence electrons. The van der Waals surface area contributed by atoms with Crippen LogP contribution >= 0.6 is 0 Å². The minimum absolute atomic E-state index is 0.000479. The largest absolute Gasteiger partial charge is 0.508 e. The molecule has 2 aliphatic carbocycles. The first-order valence-electron chi connectivity index (χ1n) is 20.8. The summed E-state index contributed by atoms with van der Waals surface area (Å²) in [5.41, 5.74) is 11.0. The Hall–Kier alpha value is -4.70. The van der Waals surface area contributed by atoms with E-state index in [0.29, 0.717) is 34.8 Å². The van der Waals surface area contributed by atoms with Crippen molar-refractivity contribution in [3.05, 3.63) is 153 Å². The highest BCUT2D eigenvalue weighted by molar-refractivity contribution is 5.50. The van der Waals surface area contributed by atoms with Crippen LogP contribution in [-0.2, 0) is 21.7 Å². The standard InChI is InChI=1S/C52H62O4/c1-33-29-41(13-17-45(33)53)51(42-14-18-46(54)34(2)30-42)25-21-39(22-26-51)49(5,6)37-9-11-38(12-10-37)50(7,8)40-23-27-52(28-24-40,43-15-19-47(55)35(3)31-43)44-16-20-48(56)36(4)32-44/h9-20,29-32,39-40,53-56H,21-28H2,1-8H3. The van der Waals surface area contributed by atoms with Crippen LogP contribution in [0.1, 0.15) is 135 Å². The van der Waals surface area contributed by atoms with Gasteiger partial charge in [0.05, 0.1) is 0 Å². The lowest BCUT2D eigenvalue weighted by Crippen LogP contribution is -2.40. The van der Waals surface area contributed by atoms with E-state index in [2.05, 4.69) is 100 Å². The van der Waals surface area contributed by atoms with Crippen molar-refractivity contribution in [3.63, 3.8) is 0 Å². The maximum Gasteiger partial charge on any atom is 0.118 e. The summed E-state index contributed by atoms with van der Waals surface area (Å²) in [5.74, 6) is 2.36. The molecule has 0 radical (unpaired) electrons. The molecular weight excluding hydrogens is 689 g/mol. The second kappa shape index (κ2) is 14.7. The molecule has 0 aliphatic heterocycles. The predicted octanol–water partition coefficient (Wildman–Crippen LogP) is 12.7. The van der Waals surface area contributed by atoms with E-state index < -0.39 is 0 Å². The minimum Gasteiger partial charge on any atom is -0.508 e. The zero-order chi connectivity index (χ0) is 40.2. The fraction of sp³-hybridized carbons (Fsp3) is 0.423. The van der Waals surface area contributed by atoms with Crippen molar-refractivity contribution >= 4 is 0 Å². The van der Waals surface area contributed by atoms with E-state index in [-0.39, 0.29) is 21.7 Å². The van der Waals surface area contributed by atoms with Crippen LogP contribution in [0.4, 0.5) is 0 Å². The summed E-state index contributed by atoms with van der Waals surface area (Å²) in [6, 6.07) is 34.0. The van der Waals surface area contributed by atoms with Crippen LogP contribution in [0.15, 0.2) is 97.1 Å². The lowest BCUT2D eigenvalue weighted by molar-refractivity contribution is 0.186. The summed E-state index contributed by atoms with van der Waals surface area (Å²) in [6.07, 6.45) is 8.40. The van der Waals surface area contributed by atoms with Gasteiger partial charge >= 0.3 is 0 Å². The van der Waals surface area contributed by atoms with Crippen molar-refractivity contribution in [1.82, 2.24) is 0 Å². The highest BCUT2D eigenvalue weighted by atomic mass is 16.3. The molecule has 0 bridgehead atoms. The van der Waals surface area contributed by atoms with Crippen LogP contribution in [0.25, 0.3) is 0 Å². The summed E-state index contributed by atoms with van der Waals surface area (Å²) in [5, 5.41) is 41.5. The molecule has 2 saturated carbocycles. The maximum absolute atomic E-state index is 10.4. The molecule has 5 aromatic carbocycles. The second-order valence-corrected chi connectivity index (χ2v) is 18.7. The lowest BCUT2D eigenvalue weighted by Gasteiger charge is -2.47. The van der Waals surface area contributed by atoms with E-state index in [1.54, 1.807) is 0 Å². The number of rotatable bonds is 8. The van der Waals surface area contributed by atoms with Crippen LogP contribution in [0, 0.1) is 39.5 Å². The quantitative estimate of drug-likeness (QED) is 0.127. The maximum atomic E-state index is 10.4. The summed E-state index contributed by atoms with van der Waals surface area (Å²) in [4.78, 5) is 0. The Balaban J connectivity index is 1.10. The Morgan fingerprint density at radius 3 is 0.839 bits per heavy atom. The van der Waals surface area contributed by atoms with Crippen LogP contribution in [0.2, 0.25) is 0 Å². The molecule has 0 amide bonds. The molecule has 0 unspecified atom stereocenters. The first-order chi connectivity index (χ1) is 26.5. The molecule has 56 heavy (non-hydrogen) atoms. The van der Waals surface area contributed by atoms with Crippen molar-refractivity contribution in [2.45, 2.75) is 128 Å². The van der Waals surface area contributed by atoms with Gasteiger partial charge in [-0.25, -0.2) is 0 Å². The third kappa shape index (κ3) is 6.88. The Kier molecular flexibility index (Phi) is 10.4. The summed E-state index contributed by atoms with van der Waals surface area (Å²) in [6.45, 7) is 17.6. The van der Waals surface area contributed by atoms with Gasteiger partial charge in [0, 0.05) is 10.8 Å². The Bertz CT molecular complexity index is 1940. The van der Waals surface area contributed by atoms with Gasteiger partial charge in [0.2, 0.25) is 0 Å². The third-order valence-corrected chi connectivity index (χ3v) is 15.1. The van der Waals surface area contributed by atoms with Crippen LogP contribution < -0.4 is 0 Å². The minimum atomic E-state index is -0.169. The molecule has 2 fully saturated rings.